The highest BCUT2D eigenvalue weighted by molar-refractivity contribution is 7.99. The summed E-state index contributed by atoms with van der Waals surface area (Å²) in [7, 11) is 3.75. The van der Waals surface area contributed by atoms with E-state index in [4.69, 9.17) is 16.3 Å². The molecule has 1 aromatic heterocycles. The molecule has 94 valence electrons. The number of nitrogens with zero attached hydrogens (tertiary/aromatic N) is 4. The highest BCUT2D eigenvalue weighted by Gasteiger charge is 2.26. The maximum atomic E-state index is 5.88. The Hall–Kier alpha value is -0.590. The number of hydrogen-bond acceptors (Lipinski definition) is 6. The van der Waals surface area contributed by atoms with Crippen molar-refractivity contribution in [1.29, 1.82) is 0 Å². The van der Waals surface area contributed by atoms with Crippen LogP contribution in [0.15, 0.2) is 5.16 Å². The van der Waals surface area contributed by atoms with Gasteiger partial charge in [0.1, 0.15) is 0 Å². The van der Waals surface area contributed by atoms with Gasteiger partial charge in [-0.2, -0.15) is 15.0 Å². The molecular weight excluding hydrogens is 260 g/mol. The summed E-state index contributed by atoms with van der Waals surface area (Å²) in [5.74, 6) is 0.582. The van der Waals surface area contributed by atoms with Gasteiger partial charge in [0, 0.05) is 26.0 Å². The summed E-state index contributed by atoms with van der Waals surface area (Å²) in [6.45, 7) is 2.87. The van der Waals surface area contributed by atoms with Gasteiger partial charge < -0.3 is 9.64 Å². The predicted molar refractivity (Wildman–Crippen MR) is 68.8 cm³/mol. The van der Waals surface area contributed by atoms with Crippen molar-refractivity contribution < 1.29 is 4.74 Å². The minimum Gasteiger partial charge on any atom is -0.377 e. The third-order valence-electron chi connectivity index (χ3n) is 2.54. The van der Waals surface area contributed by atoms with Gasteiger partial charge in [0.05, 0.1) is 6.10 Å². The first-order valence-corrected chi connectivity index (χ1v) is 6.69. The maximum absolute atomic E-state index is 5.88. The van der Waals surface area contributed by atoms with E-state index in [1.54, 1.807) is 11.8 Å². The van der Waals surface area contributed by atoms with Crippen LogP contribution in [-0.4, -0.2) is 47.0 Å². The average molecular weight is 275 g/mol. The lowest BCUT2D eigenvalue weighted by molar-refractivity contribution is 0.127. The Morgan fingerprint density at radius 3 is 2.71 bits per heavy atom. The quantitative estimate of drug-likeness (QED) is 0.839. The first-order chi connectivity index (χ1) is 8.06. The molecule has 0 saturated carbocycles. The molecule has 1 aliphatic rings. The van der Waals surface area contributed by atoms with Gasteiger partial charge in [-0.15, -0.1) is 0 Å². The summed E-state index contributed by atoms with van der Waals surface area (Å²) in [6.07, 6.45) is 1.25. The third-order valence-corrected chi connectivity index (χ3v) is 4.02. The molecule has 2 unspecified atom stereocenters. The molecule has 0 amide bonds. The van der Waals surface area contributed by atoms with Crippen molar-refractivity contribution in [2.75, 3.05) is 25.6 Å². The molecule has 5 nitrogen and oxygen atoms in total. The van der Waals surface area contributed by atoms with E-state index in [1.165, 1.54) is 0 Å². The molecule has 0 aliphatic carbocycles. The molecule has 1 aromatic rings. The van der Waals surface area contributed by atoms with Gasteiger partial charge in [0.25, 0.3) is 0 Å². The van der Waals surface area contributed by atoms with Crippen LogP contribution in [0.1, 0.15) is 13.3 Å². The molecule has 0 radical (unpaired) electrons. The zero-order valence-electron chi connectivity index (χ0n) is 10.1. The van der Waals surface area contributed by atoms with Gasteiger partial charge in [-0.05, 0) is 24.9 Å². The summed E-state index contributed by atoms with van der Waals surface area (Å²) < 4.78 is 5.51. The first kappa shape index (κ1) is 12.9. The topological polar surface area (TPSA) is 51.1 Å². The van der Waals surface area contributed by atoms with E-state index in [2.05, 4.69) is 21.9 Å². The predicted octanol–water partition coefficient (Wildman–Crippen LogP) is 1.86. The lowest BCUT2D eigenvalue weighted by Crippen LogP contribution is -2.16. The Morgan fingerprint density at radius 1 is 1.35 bits per heavy atom. The molecule has 1 fully saturated rings. The van der Waals surface area contributed by atoms with E-state index in [0.717, 1.165) is 13.0 Å². The lowest BCUT2D eigenvalue weighted by Gasteiger charge is -2.14. The Balaban J connectivity index is 2.15. The SMILES string of the molecule is CC1OCCC1Sc1nc(Cl)nc(N(C)C)n1. The molecule has 17 heavy (non-hydrogen) atoms. The van der Waals surface area contributed by atoms with Gasteiger partial charge in [-0.1, -0.05) is 11.8 Å². The van der Waals surface area contributed by atoms with Crippen molar-refractivity contribution in [2.24, 2.45) is 0 Å². The van der Waals surface area contributed by atoms with Crippen LogP contribution in [0.2, 0.25) is 5.28 Å². The van der Waals surface area contributed by atoms with E-state index < -0.39 is 0 Å². The minimum absolute atomic E-state index is 0.234. The smallest absolute Gasteiger partial charge is 0.230 e. The summed E-state index contributed by atoms with van der Waals surface area (Å²) >= 11 is 7.49. The first-order valence-electron chi connectivity index (χ1n) is 5.43. The second kappa shape index (κ2) is 5.37. The summed E-state index contributed by atoms with van der Waals surface area (Å²) in [5.41, 5.74) is 0. The standard InChI is InChI=1S/C10H15ClN4OS/c1-6-7(4-5-16-6)17-10-13-8(11)12-9(14-10)15(2)3/h6-7H,4-5H2,1-3H3. The number of aromatic nitrogens is 3. The van der Waals surface area contributed by atoms with E-state index in [9.17, 15) is 0 Å². The fourth-order valence-electron chi connectivity index (χ4n) is 1.58. The monoisotopic (exact) mass is 274 g/mol. The van der Waals surface area contributed by atoms with E-state index in [1.807, 2.05) is 19.0 Å². The van der Waals surface area contributed by atoms with E-state index in [-0.39, 0.29) is 11.4 Å². The fourth-order valence-corrected chi connectivity index (χ4v) is 2.81. The molecule has 7 heteroatoms. The highest BCUT2D eigenvalue weighted by Crippen LogP contribution is 2.31. The summed E-state index contributed by atoms with van der Waals surface area (Å²) in [5, 5.41) is 1.29. The fraction of sp³-hybridized carbons (Fsp3) is 0.700. The van der Waals surface area contributed by atoms with Crippen LogP contribution in [0, 0.1) is 0 Å². The zero-order valence-corrected chi connectivity index (χ0v) is 11.6. The Labute approximate surface area is 110 Å². The van der Waals surface area contributed by atoms with Crippen LogP contribution in [0.3, 0.4) is 0 Å². The van der Waals surface area contributed by atoms with Gasteiger partial charge in [-0.25, -0.2) is 0 Å². The van der Waals surface area contributed by atoms with Crippen LogP contribution in [0.5, 0.6) is 0 Å². The number of anilines is 1. The number of hydrogen-bond donors (Lipinski definition) is 0. The molecule has 1 aliphatic heterocycles. The molecule has 0 aromatic carbocycles. The number of rotatable bonds is 3. The van der Waals surface area contributed by atoms with Gasteiger partial charge >= 0.3 is 0 Å². The van der Waals surface area contributed by atoms with Gasteiger partial charge in [0.2, 0.25) is 11.2 Å². The van der Waals surface area contributed by atoms with Crippen molar-refractivity contribution in [3.63, 3.8) is 0 Å². The number of thioether (sulfide) groups is 1. The molecule has 0 bridgehead atoms. The van der Waals surface area contributed by atoms with Crippen LogP contribution in [0.4, 0.5) is 5.95 Å². The number of halogens is 1. The Bertz CT molecular complexity index is 404. The molecule has 2 heterocycles. The second-order valence-corrected chi connectivity index (χ2v) is 5.65. The van der Waals surface area contributed by atoms with Crippen molar-refractivity contribution in [2.45, 2.75) is 29.9 Å². The highest BCUT2D eigenvalue weighted by atomic mass is 35.5. The van der Waals surface area contributed by atoms with Crippen LogP contribution >= 0.6 is 23.4 Å². The average Bonchev–Trinajstić information content (AvgIpc) is 2.63. The largest absolute Gasteiger partial charge is 0.377 e. The van der Waals surface area contributed by atoms with Crippen LogP contribution in [-0.2, 0) is 4.74 Å². The Morgan fingerprint density at radius 2 is 2.12 bits per heavy atom. The van der Waals surface area contributed by atoms with Crippen molar-refractivity contribution >= 4 is 29.3 Å². The van der Waals surface area contributed by atoms with Crippen LogP contribution < -0.4 is 4.90 Å². The van der Waals surface area contributed by atoms with Crippen molar-refractivity contribution in [1.82, 2.24) is 15.0 Å². The third kappa shape index (κ3) is 3.20. The minimum atomic E-state index is 0.234. The maximum Gasteiger partial charge on any atom is 0.230 e. The Kier molecular flexibility index (Phi) is 4.06. The number of ether oxygens (including phenoxy) is 1. The molecule has 1 saturated heterocycles. The second-order valence-electron chi connectivity index (χ2n) is 4.10. The normalized spacial score (nSPS) is 24.0. The van der Waals surface area contributed by atoms with Crippen LogP contribution in [0.25, 0.3) is 0 Å². The molecule has 2 rings (SSSR count). The van der Waals surface area contributed by atoms with E-state index in [0.29, 0.717) is 16.4 Å². The van der Waals surface area contributed by atoms with Gasteiger partial charge in [0.15, 0.2) is 5.16 Å². The summed E-state index contributed by atoms with van der Waals surface area (Å²) in [4.78, 5) is 14.4. The summed E-state index contributed by atoms with van der Waals surface area (Å²) in [6, 6.07) is 0. The molecule has 0 N–H and O–H groups in total. The molecule has 0 spiro atoms. The van der Waals surface area contributed by atoms with Crippen molar-refractivity contribution in [3.05, 3.63) is 5.28 Å². The molecular formula is C10H15ClN4OS. The van der Waals surface area contributed by atoms with E-state index >= 15 is 0 Å². The lowest BCUT2D eigenvalue weighted by atomic mass is 10.3. The van der Waals surface area contributed by atoms with Crippen molar-refractivity contribution in [3.8, 4) is 0 Å². The molecule has 2 atom stereocenters. The zero-order chi connectivity index (χ0) is 12.4. The van der Waals surface area contributed by atoms with Gasteiger partial charge in [-0.3, -0.25) is 0 Å².